The largest absolute Gasteiger partial charge is 0.394 e. The van der Waals surface area contributed by atoms with Crippen LogP contribution in [0.4, 0.5) is 0 Å². The molecule has 6 heteroatoms. The predicted octanol–water partition coefficient (Wildman–Crippen LogP) is -0.160. The van der Waals surface area contributed by atoms with Gasteiger partial charge in [-0.2, -0.15) is 0 Å². The van der Waals surface area contributed by atoms with Gasteiger partial charge in [-0.15, -0.1) is 0 Å². The van der Waals surface area contributed by atoms with E-state index in [9.17, 15) is 10.2 Å². The average molecular weight is 337 g/mol. The van der Waals surface area contributed by atoms with Gasteiger partial charge >= 0.3 is 0 Å². The van der Waals surface area contributed by atoms with E-state index in [1.54, 1.807) is 18.3 Å². The lowest BCUT2D eigenvalue weighted by Gasteiger charge is -2.15. The molecule has 16 heavy (non-hydrogen) atoms. The van der Waals surface area contributed by atoms with E-state index in [2.05, 4.69) is 4.98 Å². The van der Waals surface area contributed by atoms with Crippen molar-refractivity contribution in [2.75, 3.05) is 6.61 Å². The lowest BCUT2D eigenvalue weighted by Crippen LogP contribution is -2.32. The van der Waals surface area contributed by atoms with E-state index in [1.165, 1.54) is 0 Å². The molecule has 3 N–H and O–H groups in total. The minimum atomic E-state index is -1.06. The van der Waals surface area contributed by atoms with Crippen LogP contribution in [0, 0.1) is 3.70 Å². The van der Waals surface area contributed by atoms with Gasteiger partial charge in [-0.05, 0) is 28.7 Å². The van der Waals surface area contributed by atoms with Crippen molar-refractivity contribution in [3.63, 3.8) is 0 Å². The summed E-state index contributed by atoms with van der Waals surface area (Å²) < 4.78 is 6.12. The Morgan fingerprint density at radius 2 is 2.12 bits per heavy atom. The fraction of sp³-hybridized carbons (Fsp3) is 0.500. The molecule has 1 aliphatic heterocycles. The quantitative estimate of drug-likeness (QED) is 0.516. The molecule has 88 valence electrons. The van der Waals surface area contributed by atoms with Crippen molar-refractivity contribution in [3.05, 3.63) is 27.6 Å². The highest BCUT2D eigenvalue weighted by Crippen LogP contribution is 2.34. The summed E-state index contributed by atoms with van der Waals surface area (Å²) in [6.07, 6.45) is -1.82. The van der Waals surface area contributed by atoms with Gasteiger partial charge in [0, 0.05) is 11.8 Å². The Labute approximate surface area is 106 Å². The van der Waals surface area contributed by atoms with Crippen LogP contribution in [0.1, 0.15) is 11.7 Å². The van der Waals surface area contributed by atoms with E-state index in [1.807, 2.05) is 22.6 Å². The maximum absolute atomic E-state index is 9.82. The second-order valence-corrected chi connectivity index (χ2v) is 4.66. The molecule has 0 bridgehead atoms. The number of halogens is 1. The van der Waals surface area contributed by atoms with Gasteiger partial charge in [-0.3, -0.25) is 0 Å². The highest BCUT2D eigenvalue weighted by molar-refractivity contribution is 14.1. The number of pyridine rings is 1. The molecule has 0 saturated carbocycles. The van der Waals surface area contributed by atoms with Crippen LogP contribution in [0.5, 0.6) is 0 Å². The average Bonchev–Trinajstić information content (AvgIpc) is 2.57. The minimum Gasteiger partial charge on any atom is -0.394 e. The Bertz CT molecular complexity index is 376. The van der Waals surface area contributed by atoms with Crippen molar-refractivity contribution < 1.29 is 20.1 Å². The molecule has 0 spiro atoms. The van der Waals surface area contributed by atoms with Gasteiger partial charge in [0.2, 0.25) is 0 Å². The minimum absolute atomic E-state index is 0.314. The fourth-order valence-electron chi connectivity index (χ4n) is 1.77. The Morgan fingerprint density at radius 1 is 1.38 bits per heavy atom. The summed E-state index contributed by atoms with van der Waals surface area (Å²) in [6.45, 7) is -0.314. The molecule has 1 fully saturated rings. The van der Waals surface area contributed by atoms with Gasteiger partial charge in [0.25, 0.3) is 0 Å². The zero-order valence-corrected chi connectivity index (χ0v) is 10.5. The molecular weight excluding hydrogens is 325 g/mol. The van der Waals surface area contributed by atoms with Crippen molar-refractivity contribution in [2.24, 2.45) is 0 Å². The van der Waals surface area contributed by atoms with Crippen LogP contribution in [0.15, 0.2) is 18.3 Å². The summed E-state index contributed by atoms with van der Waals surface area (Å²) in [6, 6.07) is 3.53. The number of hydrogen-bond donors (Lipinski definition) is 3. The van der Waals surface area contributed by atoms with Crippen molar-refractivity contribution in [2.45, 2.75) is 24.4 Å². The van der Waals surface area contributed by atoms with E-state index in [-0.39, 0.29) is 6.61 Å². The molecule has 1 aliphatic rings. The predicted molar refractivity (Wildman–Crippen MR) is 63.7 cm³/mol. The zero-order valence-electron chi connectivity index (χ0n) is 8.32. The highest BCUT2D eigenvalue weighted by Gasteiger charge is 2.43. The van der Waals surface area contributed by atoms with Crippen molar-refractivity contribution >= 4 is 22.6 Å². The van der Waals surface area contributed by atoms with Crippen LogP contribution in [-0.2, 0) is 4.74 Å². The van der Waals surface area contributed by atoms with Crippen LogP contribution in [0.25, 0.3) is 0 Å². The molecule has 4 atom stereocenters. The summed E-state index contributed by atoms with van der Waals surface area (Å²) in [4.78, 5) is 4.09. The first kappa shape index (κ1) is 12.2. The first-order valence-electron chi connectivity index (χ1n) is 4.88. The normalized spacial score (nSPS) is 34.2. The van der Waals surface area contributed by atoms with Crippen molar-refractivity contribution in [1.82, 2.24) is 4.98 Å². The second kappa shape index (κ2) is 4.92. The van der Waals surface area contributed by atoms with Crippen LogP contribution >= 0.6 is 22.6 Å². The van der Waals surface area contributed by atoms with Crippen LogP contribution in [0.2, 0.25) is 0 Å². The lowest BCUT2D eigenvalue weighted by molar-refractivity contribution is -0.0230. The molecule has 2 rings (SSSR count). The number of aromatic nitrogens is 1. The third kappa shape index (κ3) is 2.07. The highest BCUT2D eigenvalue weighted by atomic mass is 127. The second-order valence-electron chi connectivity index (χ2n) is 3.64. The van der Waals surface area contributed by atoms with Gasteiger partial charge in [0.15, 0.2) is 0 Å². The number of rotatable bonds is 2. The third-order valence-corrected chi connectivity index (χ3v) is 3.54. The number of nitrogens with zero attached hydrogens (tertiary/aromatic N) is 1. The number of ether oxygens (including phenoxy) is 1. The van der Waals surface area contributed by atoms with E-state index in [4.69, 9.17) is 9.84 Å². The van der Waals surface area contributed by atoms with E-state index < -0.39 is 24.4 Å². The maximum atomic E-state index is 9.82. The summed E-state index contributed by atoms with van der Waals surface area (Å²) in [5, 5.41) is 28.4. The van der Waals surface area contributed by atoms with Crippen LogP contribution < -0.4 is 0 Å². The Morgan fingerprint density at radius 3 is 2.69 bits per heavy atom. The van der Waals surface area contributed by atoms with Crippen LogP contribution in [-0.4, -0.2) is 45.2 Å². The molecule has 0 aliphatic carbocycles. The zero-order chi connectivity index (χ0) is 11.7. The van der Waals surface area contributed by atoms with E-state index >= 15 is 0 Å². The smallest absolute Gasteiger partial charge is 0.114 e. The number of aliphatic hydroxyl groups is 3. The number of aliphatic hydroxyl groups excluding tert-OH is 3. The van der Waals surface area contributed by atoms with E-state index in [0.29, 0.717) is 0 Å². The first-order chi connectivity index (χ1) is 7.65. The molecule has 0 radical (unpaired) electrons. The summed E-state index contributed by atoms with van der Waals surface area (Å²) >= 11 is 2.04. The molecule has 0 aromatic carbocycles. The molecule has 2 heterocycles. The van der Waals surface area contributed by atoms with Gasteiger partial charge in [0.05, 0.1) is 6.61 Å². The van der Waals surface area contributed by atoms with E-state index in [0.717, 1.165) is 9.26 Å². The molecule has 1 saturated heterocycles. The summed E-state index contributed by atoms with van der Waals surface area (Å²) in [7, 11) is 0. The molecule has 1 aromatic rings. The van der Waals surface area contributed by atoms with Gasteiger partial charge < -0.3 is 20.1 Å². The maximum Gasteiger partial charge on any atom is 0.114 e. The van der Waals surface area contributed by atoms with Crippen molar-refractivity contribution in [3.8, 4) is 0 Å². The summed E-state index contributed by atoms with van der Waals surface area (Å²) in [5.74, 6) is 0. The topological polar surface area (TPSA) is 82.8 Å². The monoisotopic (exact) mass is 337 g/mol. The van der Waals surface area contributed by atoms with Gasteiger partial charge in [-0.25, -0.2) is 4.98 Å². The summed E-state index contributed by atoms with van der Waals surface area (Å²) in [5.41, 5.74) is 0.727. The lowest BCUT2D eigenvalue weighted by atomic mass is 10.0. The molecule has 5 nitrogen and oxygen atoms in total. The van der Waals surface area contributed by atoms with Gasteiger partial charge in [0.1, 0.15) is 28.1 Å². The third-order valence-electron chi connectivity index (χ3n) is 2.64. The fourth-order valence-corrected chi connectivity index (χ4v) is 2.41. The molecule has 0 amide bonds. The van der Waals surface area contributed by atoms with Crippen molar-refractivity contribution in [1.29, 1.82) is 0 Å². The standard InChI is InChI=1S/C10H12INO4/c11-10-5(2-1-3-12-10)9-8(15)7(14)6(4-13)16-9/h1-3,6-9,13-15H,4H2/t6-,7-,8-,9?/m1/s1. The Kier molecular flexibility index (Phi) is 3.75. The number of hydrogen-bond acceptors (Lipinski definition) is 5. The molecule has 1 aromatic heterocycles. The molecular formula is C10H12INO4. The molecule has 1 unspecified atom stereocenters. The van der Waals surface area contributed by atoms with Crippen LogP contribution in [0.3, 0.4) is 0 Å². The SMILES string of the molecule is OC[C@H]1OC(c2cccnc2I)[C@H](O)[C@@H]1O. The Hall–Kier alpha value is -0.280. The Balaban J connectivity index is 2.26. The van der Waals surface area contributed by atoms with Gasteiger partial charge in [-0.1, -0.05) is 6.07 Å². The first-order valence-corrected chi connectivity index (χ1v) is 5.96.